The molecule has 0 spiro atoms. The largest absolute Gasteiger partial charge is 0.494 e. The Morgan fingerprint density at radius 3 is 1.31 bits per heavy atom. The van der Waals surface area contributed by atoms with E-state index in [2.05, 4.69) is 86.0 Å². The molecule has 0 unspecified atom stereocenters. The Bertz CT molecular complexity index is 3740. The number of hydrogen-bond acceptors (Lipinski definition) is 14. The van der Waals surface area contributed by atoms with Crippen molar-refractivity contribution in [3.63, 3.8) is 0 Å². The minimum Gasteiger partial charge on any atom is -0.494 e. The number of nitrogens with two attached hydrogens (primary N) is 1. The number of nitrogens with one attached hydrogen (secondary N) is 2. The van der Waals surface area contributed by atoms with E-state index < -0.39 is 41.8 Å². The van der Waals surface area contributed by atoms with Gasteiger partial charge in [0.05, 0.1) is 23.0 Å². The van der Waals surface area contributed by atoms with Crippen LogP contribution >= 0.6 is 22.7 Å². The van der Waals surface area contributed by atoms with Crippen LogP contribution in [0.4, 0.5) is 0 Å². The molecule has 95 heavy (non-hydrogen) atoms. The number of nitrogens with zero attached hydrogens (tertiary/aromatic N) is 4. The van der Waals surface area contributed by atoms with Crippen LogP contribution in [0.15, 0.2) is 146 Å². The lowest BCUT2D eigenvalue weighted by atomic mass is 9.92. The average molecular weight is 1330 g/mol. The third-order valence-electron chi connectivity index (χ3n) is 15.9. The molecule has 3 amide bonds. The lowest BCUT2D eigenvalue weighted by Crippen LogP contribution is -2.45. The predicted octanol–water partition coefficient (Wildman–Crippen LogP) is 15.7. The van der Waals surface area contributed by atoms with Crippen molar-refractivity contribution in [3.8, 4) is 56.5 Å². The van der Waals surface area contributed by atoms with Crippen molar-refractivity contribution in [1.82, 2.24) is 30.6 Å². The first-order valence-corrected chi connectivity index (χ1v) is 34.5. The molecule has 3 atom stereocenters. The molecule has 0 bridgehead atoms. The van der Waals surface area contributed by atoms with Crippen molar-refractivity contribution in [2.45, 2.75) is 175 Å². The molecule has 4 heterocycles. The average Bonchev–Trinajstić information content (AvgIpc) is 1.82. The zero-order valence-corrected chi connectivity index (χ0v) is 57.6. The van der Waals surface area contributed by atoms with E-state index in [1.54, 1.807) is 36.9 Å². The highest BCUT2D eigenvalue weighted by Gasteiger charge is 2.30. The molecule has 502 valence electrons. The molecule has 8 rings (SSSR count). The second-order valence-corrected chi connectivity index (χ2v) is 28.1. The van der Waals surface area contributed by atoms with Crippen LogP contribution in [-0.4, -0.2) is 90.9 Å². The molecule has 0 saturated heterocycles. The van der Waals surface area contributed by atoms with Gasteiger partial charge >= 0.3 is 11.9 Å². The van der Waals surface area contributed by atoms with Gasteiger partial charge in [-0.15, -0.1) is 22.7 Å². The van der Waals surface area contributed by atoms with Crippen LogP contribution in [0, 0.1) is 5.92 Å². The first-order chi connectivity index (χ1) is 45.5. The molecule has 0 fully saturated rings. The van der Waals surface area contributed by atoms with E-state index >= 15 is 0 Å². The van der Waals surface area contributed by atoms with Gasteiger partial charge in [0.1, 0.15) is 23.6 Å². The highest BCUT2D eigenvalue weighted by atomic mass is 32.1. The van der Waals surface area contributed by atoms with Gasteiger partial charge in [0.25, 0.3) is 5.91 Å². The maximum atomic E-state index is 13.5. The molecule has 19 heteroatoms. The third kappa shape index (κ3) is 23.5. The molecule has 4 aromatic carbocycles. The van der Waals surface area contributed by atoms with Gasteiger partial charge in [-0.2, -0.15) is 0 Å². The van der Waals surface area contributed by atoms with Gasteiger partial charge in [-0.1, -0.05) is 180 Å². The number of primary amides is 1. The fourth-order valence-corrected chi connectivity index (χ4v) is 12.2. The number of amides is 3. The number of carbonyl (C=O) groups excluding carboxylic acids is 4. The molecule has 17 nitrogen and oxygen atoms in total. The lowest BCUT2D eigenvalue weighted by molar-refractivity contribution is -0.142. The number of thiophene rings is 2. The molecule has 0 aliphatic carbocycles. The number of benzene rings is 4. The van der Waals surface area contributed by atoms with E-state index in [1.807, 2.05) is 109 Å². The van der Waals surface area contributed by atoms with Crippen LogP contribution in [0.1, 0.15) is 179 Å². The molecule has 0 aliphatic heterocycles. The number of Topliss-reactive ketones (excluding diaryl/α,β-unsaturated/α-hetero) is 1. The molecular weight excluding hydrogens is 1240 g/mol. The molecular formula is C76H91N7O10S2. The fraction of sp³-hybridized carbons (Fsp3) is 0.395. The molecule has 4 aromatic heterocycles. The lowest BCUT2D eigenvalue weighted by Gasteiger charge is -2.20. The number of rotatable bonds is 34. The standard InChI is InChI=1S/C41H50N4O6S.C35H41N3O4S/c1-5-6-7-8-9-22-51-32-16-14-28(15-17-32)31-25-43-38(44-26-31)29-12-10-27(11-13-29)23-30(39(48)45-33(40(49)50)18-21-37(42)47)24-34(46)35-19-20-36(52-35)41(2,3)4;1-5-6-7-8-9-20-42-28-16-14-25(15-17-28)27-22-36-32(37-23-27)26-12-10-24(11-13-26)21-29(34(40)41)38-33(39)30-18-19-31(43-30)35(2,3)4/h10-17,19-20,25-26,30,33H,5-9,18,21-24H2,1-4H3,(H2,42,47)(H,45,48)(H,49,50);10-19,22-23,29H,5-9,20-21H2,1-4H3,(H,38,39)(H,40,41)/t30-,33+;29-/m10/s1. The monoisotopic (exact) mass is 1330 g/mol. The predicted molar refractivity (Wildman–Crippen MR) is 377 cm³/mol. The van der Waals surface area contributed by atoms with Crippen molar-refractivity contribution >= 4 is 58.1 Å². The number of ether oxygens (including phenoxy) is 2. The molecule has 0 radical (unpaired) electrons. The topological polar surface area (TPSA) is 263 Å². The highest BCUT2D eigenvalue weighted by Crippen LogP contribution is 2.33. The quantitative estimate of drug-likeness (QED) is 0.0186. The first-order valence-electron chi connectivity index (χ1n) is 32.9. The Kier molecular flexibility index (Phi) is 27.9. The number of aliphatic carboxylic acids is 2. The van der Waals surface area contributed by atoms with Crippen molar-refractivity contribution in [3.05, 3.63) is 177 Å². The summed E-state index contributed by atoms with van der Waals surface area (Å²) in [6, 6.07) is 35.8. The number of carboxylic acid groups (broad SMARTS) is 2. The smallest absolute Gasteiger partial charge is 0.326 e. The van der Waals surface area contributed by atoms with Crippen LogP contribution in [0.3, 0.4) is 0 Å². The summed E-state index contributed by atoms with van der Waals surface area (Å²) >= 11 is 2.78. The van der Waals surface area contributed by atoms with Crippen molar-refractivity contribution in [2.24, 2.45) is 11.7 Å². The van der Waals surface area contributed by atoms with Gasteiger partial charge in [-0.25, -0.2) is 29.5 Å². The van der Waals surface area contributed by atoms with E-state index in [1.165, 1.54) is 74.0 Å². The summed E-state index contributed by atoms with van der Waals surface area (Å²) in [7, 11) is 0. The number of ketones is 1. The second-order valence-electron chi connectivity index (χ2n) is 25.9. The van der Waals surface area contributed by atoms with Crippen LogP contribution in [0.5, 0.6) is 11.5 Å². The number of carbonyl (C=O) groups is 6. The Labute approximate surface area is 566 Å². The van der Waals surface area contributed by atoms with Gasteiger partial charge in [0, 0.05) is 82.0 Å². The van der Waals surface area contributed by atoms with Gasteiger partial charge in [-0.05, 0) is 107 Å². The normalized spacial score (nSPS) is 12.3. The van der Waals surface area contributed by atoms with E-state index in [0.717, 1.165) is 85.2 Å². The van der Waals surface area contributed by atoms with Crippen molar-refractivity contribution < 1.29 is 48.5 Å². The summed E-state index contributed by atoms with van der Waals surface area (Å²) < 4.78 is 11.8. The van der Waals surface area contributed by atoms with Crippen LogP contribution < -0.4 is 25.8 Å². The number of hydrogen-bond donors (Lipinski definition) is 5. The van der Waals surface area contributed by atoms with E-state index in [0.29, 0.717) is 28.0 Å². The fourth-order valence-electron chi connectivity index (χ4n) is 10.2. The summed E-state index contributed by atoms with van der Waals surface area (Å²) in [5, 5.41) is 24.7. The Morgan fingerprint density at radius 2 is 0.895 bits per heavy atom. The number of carboxylic acids is 2. The molecule has 0 aliphatic rings. The molecule has 8 aromatic rings. The van der Waals surface area contributed by atoms with E-state index in [9.17, 15) is 39.0 Å². The SMILES string of the molecule is CCCCCCCOc1ccc(-c2cnc(-c3ccc(C[C@H](CC(=O)c4ccc(C(C)(C)C)s4)C(=O)N[C@@H](CCC(N)=O)C(=O)O)cc3)nc2)cc1.CCCCCCCOc1ccc(-c2cnc(-c3ccc(C[C@H](NC(=O)c4ccc(C(C)(C)C)s4)C(=O)O)cc3)nc2)cc1. The Hall–Kier alpha value is -8.94. The summed E-state index contributed by atoms with van der Waals surface area (Å²) in [6.45, 7) is 18.3. The maximum Gasteiger partial charge on any atom is 0.326 e. The van der Waals surface area contributed by atoms with Gasteiger partial charge in [-0.3, -0.25) is 19.2 Å². The van der Waals surface area contributed by atoms with Gasteiger partial charge in [0.15, 0.2) is 17.4 Å². The number of unbranched alkanes of at least 4 members (excludes halogenated alkanes) is 8. The summed E-state index contributed by atoms with van der Waals surface area (Å²) in [6.07, 6.45) is 19.1. The summed E-state index contributed by atoms with van der Waals surface area (Å²) in [5.74, 6) is -2.22. The van der Waals surface area contributed by atoms with Crippen LogP contribution in [-0.2, 0) is 42.8 Å². The second kappa shape index (κ2) is 36.1. The van der Waals surface area contributed by atoms with E-state index in [4.69, 9.17) is 15.2 Å². The van der Waals surface area contributed by atoms with Gasteiger partial charge in [0.2, 0.25) is 11.8 Å². The zero-order valence-electron chi connectivity index (χ0n) is 56.0. The number of aromatic nitrogens is 4. The first kappa shape index (κ1) is 73.5. The molecule has 0 saturated carbocycles. The van der Waals surface area contributed by atoms with Crippen molar-refractivity contribution in [1.29, 1.82) is 0 Å². The summed E-state index contributed by atoms with van der Waals surface area (Å²) in [4.78, 5) is 96.3. The maximum absolute atomic E-state index is 13.5. The van der Waals surface area contributed by atoms with Crippen LogP contribution in [0.25, 0.3) is 45.0 Å². The molecule has 6 N–H and O–H groups in total. The van der Waals surface area contributed by atoms with Crippen molar-refractivity contribution in [2.75, 3.05) is 13.2 Å². The highest BCUT2D eigenvalue weighted by molar-refractivity contribution is 7.14. The summed E-state index contributed by atoms with van der Waals surface area (Å²) in [5.41, 5.74) is 12.0. The zero-order chi connectivity index (χ0) is 68.5. The minimum atomic E-state index is -1.31. The van der Waals surface area contributed by atoms with Gasteiger partial charge < -0.3 is 36.1 Å². The Balaban J connectivity index is 0.000000273. The third-order valence-corrected chi connectivity index (χ3v) is 19.0. The Morgan fingerprint density at radius 1 is 0.484 bits per heavy atom. The van der Waals surface area contributed by atoms with Crippen LogP contribution in [0.2, 0.25) is 0 Å². The van der Waals surface area contributed by atoms with E-state index in [-0.39, 0.29) is 54.6 Å². The minimum absolute atomic E-state index is 0.0745.